The molecule has 4 rings (SSSR count). The number of aryl methyl sites for hydroxylation is 1. The number of benzene rings is 2. The van der Waals surface area contributed by atoms with Gasteiger partial charge in [0.2, 0.25) is 0 Å². The molecule has 9 nitrogen and oxygen atoms in total. The number of ether oxygens (including phenoxy) is 3. The van der Waals surface area contributed by atoms with Gasteiger partial charge in [-0.2, -0.15) is 0 Å². The number of aromatic carboxylic acids is 1. The van der Waals surface area contributed by atoms with Crippen LogP contribution in [0.15, 0.2) is 36.4 Å². The summed E-state index contributed by atoms with van der Waals surface area (Å²) in [6, 6.07) is 9.98. The van der Waals surface area contributed by atoms with Gasteiger partial charge in [0.05, 0.1) is 28.3 Å². The Balaban J connectivity index is 1.51. The lowest BCUT2D eigenvalue weighted by Crippen LogP contribution is -2.38. The molecule has 1 aromatic heterocycles. The Morgan fingerprint density at radius 2 is 1.97 bits per heavy atom. The van der Waals surface area contributed by atoms with Gasteiger partial charge in [0.15, 0.2) is 11.5 Å². The Morgan fingerprint density at radius 1 is 1.21 bits per heavy atom. The first-order valence-electron chi connectivity index (χ1n) is 10.6. The van der Waals surface area contributed by atoms with Crippen molar-refractivity contribution in [3.63, 3.8) is 0 Å². The maximum atomic E-state index is 12.8. The van der Waals surface area contributed by atoms with E-state index in [4.69, 9.17) is 19.9 Å². The van der Waals surface area contributed by atoms with Crippen LogP contribution < -0.4 is 25.3 Å². The zero-order valence-electron chi connectivity index (χ0n) is 18.4. The molecule has 4 N–H and O–H groups in total. The van der Waals surface area contributed by atoms with Crippen molar-refractivity contribution in [2.45, 2.75) is 26.3 Å². The van der Waals surface area contributed by atoms with Crippen LogP contribution in [0.5, 0.6) is 17.2 Å². The van der Waals surface area contributed by atoms with Crippen LogP contribution in [0.4, 0.5) is 5.69 Å². The smallest absolute Gasteiger partial charge is 0.339 e. The lowest BCUT2D eigenvalue weighted by atomic mass is 10.1. The lowest BCUT2D eigenvalue weighted by Gasteiger charge is -2.21. The number of anilines is 1. The predicted octanol–water partition coefficient (Wildman–Crippen LogP) is 3.18. The van der Waals surface area contributed by atoms with E-state index >= 15 is 0 Å². The third kappa shape index (κ3) is 4.48. The fraction of sp³-hybridized carbons (Fsp3) is 0.292. The van der Waals surface area contributed by atoms with Gasteiger partial charge >= 0.3 is 5.97 Å². The highest BCUT2D eigenvalue weighted by atomic mass is 16.6. The molecule has 2 heterocycles. The number of hydrogen-bond donors (Lipinski definition) is 3. The molecule has 1 amide bonds. The minimum absolute atomic E-state index is 0.0440. The average Bonchev–Trinajstić information content (AvgIpc) is 2.80. The summed E-state index contributed by atoms with van der Waals surface area (Å²) < 4.78 is 17.0. The monoisotopic (exact) mass is 451 g/mol. The number of pyridine rings is 1. The molecule has 172 valence electrons. The molecule has 0 radical (unpaired) electrons. The van der Waals surface area contributed by atoms with Gasteiger partial charge < -0.3 is 30.4 Å². The van der Waals surface area contributed by atoms with Crippen LogP contribution >= 0.6 is 0 Å². The Hall–Kier alpha value is -4.01. The van der Waals surface area contributed by atoms with Crippen molar-refractivity contribution in [2.24, 2.45) is 0 Å². The first kappa shape index (κ1) is 22.2. The number of nitrogens with zero attached hydrogens (tertiary/aromatic N) is 1. The summed E-state index contributed by atoms with van der Waals surface area (Å²) in [6.07, 6.45) is 0.619. The molecule has 0 unspecified atom stereocenters. The van der Waals surface area contributed by atoms with Crippen LogP contribution in [-0.4, -0.2) is 47.8 Å². The van der Waals surface area contributed by atoms with E-state index in [-0.39, 0.29) is 29.8 Å². The summed E-state index contributed by atoms with van der Waals surface area (Å²) >= 11 is 0. The Kier molecular flexibility index (Phi) is 6.21. The van der Waals surface area contributed by atoms with Crippen LogP contribution in [0, 0.1) is 6.92 Å². The number of carboxylic acid groups (broad SMARTS) is 1. The second-order valence-corrected chi connectivity index (χ2v) is 7.69. The van der Waals surface area contributed by atoms with Crippen molar-refractivity contribution in [1.82, 2.24) is 10.3 Å². The molecule has 2 aromatic carbocycles. The van der Waals surface area contributed by atoms with Gasteiger partial charge in [0.25, 0.3) is 5.91 Å². The van der Waals surface area contributed by atoms with E-state index in [2.05, 4.69) is 10.3 Å². The molecular weight excluding hydrogens is 426 g/mol. The largest absolute Gasteiger partial charge is 0.491 e. The highest BCUT2D eigenvalue weighted by Crippen LogP contribution is 2.34. The van der Waals surface area contributed by atoms with Gasteiger partial charge in [0, 0.05) is 5.56 Å². The van der Waals surface area contributed by atoms with Gasteiger partial charge in [-0.05, 0) is 43.7 Å². The van der Waals surface area contributed by atoms with Crippen LogP contribution in [0.25, 0.3) is 10.9 Å². The lowest BCUT2D eigenvalue weighted by molar-refractivity contribution is 0.0696. The quantitative estimate of drug-likeness (QED) is 0.499. The maximum absolute atomic E-state index is 12.8. The molecule has 1 aliphatic heterocycles. The molecule has 1 aliphatic rings. The molecule has 9 heteroatoms. The highest BCUT2D eigenvalue weighted by Gasteiger charge is 2.21. The third-order valence-electron chi connectivity index (χ3n) is 5.48. The molecule has 0 saturated heterocycles. The molecule has 0 bridgehead atoms. The fourth-order valence-electron chi connectivity index (χ4n) is 3.74. The zero-order valence-corrected chi connectivity index (χ0v) is 18.4. The van der Waals surface area contributed by atoms with Gasteiger partial charge in [-0.1, -0.05) is 13.0 Å². The molecular formula is C24H25N3O6. The first-order valence-corrected chi connectivity index (χ1v) is 10.6. The number of fused-ring (bicyclic) bond motifs is 2. The number of carbonyl (C=O) groups excluding carboxylic acids is 1. The number of carbonyl (C=O) groups is 2. The summed E-state index contributed by atoms with van der Waals surface area (Å²) in [7, 11) is 0. The molecule has 33 heavy (non-hydrogen) atoms. The Morgan fingerprint density at radius 3 is 2.70 bits per heavy atom. The standard InChI is InChI=1S/C24H25N3O6/c1-3-15(27-23(28)14-7-8-17-19(11-14)32-10-9-31-17)12-33-18-6-4-5-16-21(18)22(25)20(24(29)30)13(2)26-16/h4-8,11,15H,3,9-10,12H2,1-2H3,(H2,25,26)(H,27,28)(H,29,30)/t15-/m0/s1. The summed E-state index contributed by atoms with van der Waals surface area (Å²) in [4.78, 5) is 28.8. The SMILES string of the molecule is CC[C@@H](COc1cccc2nc(C)c(C(=O)O)c(N)c12)NC(=O)c1ccc2c(c1)OCCO2. The molecule has 0 spiro atoms. The Bertz CT molecular complexity index is 1230. The minimum Gasteiger partial charge on any atom is -0.491 e. The van der Waals surface area contributed by atoms with Crippen molar-refractivity contribution in [2.75, 3.05) is 25.6 Å². The number of nitrogens with two attached hydrogens (primary N) is 1. The molecule has 0 saturated carbocycles. The summed E-state index contributed by atoms with van der Waals surface area (Å²) in [5.74, 6) is 0.164. The van der Waals surface area contributed by atoms with Gasteiger partial charge in [-0.25, -0.2) is 4.79 Å². The summed E-state index contributed by atoms with van der Waals surface area (Å²) in [5, 5.41) is 12.9. The van der Waals surface area contributed by atoms with Crippen molar-refractivity contribution in [3.8, 4) is 17.2 Å². The topological polar surface area (TPSA) is 133 Å². The number of carboxylic acids is 1. The molecule has 3 aromatic rings. The first-order chi connectivity index (χ1) is 15.9. The summed E-state index contributed by atoms with van der Waals surface area (Å²) in [6.45, 7) is 4.63. The molecule has 0 aliphatic carbocycles. The van der Waals surface area contributed by atoms with Crippen molar-refractivity contribution in [1.29, 1.82) is 0 Å². The number of rotatable bonds is 7. The predicted molar refractivity (Wildman–Crippen MR) is 122 cm³/mol. The summed E-state index contributed by atoms with van der Waals surface area (Å²) in [5.41, 5.74) is 7.58. The van der Waals surface area contributed by atoms with E-state index in [1.54, 1.807) is 43.3 Å². The van der Waals surface area contributed by atoms with E-state index < -0.39 is 5.97 Å². The van der Waals surface area contributed by atoms with Crippen molar-refractivity contribution >= 4 is 28.5 Å². The van der Waals surface area contributed by atoms with Gasteiger partial charge in [-0.15, -0.1) is 0 Å². The van der Waals surface area contributed by atoms with E-state index in [1.807, 2.05) is 6.92 Å². The fourth-order valence-corrected chi connectivity index (χ4v) is 3.74. The van der Waals surface area contributed by atoms with Crippen LogP contribution in [0.2, 0.25) is 0 Å². The van der Waals surface area contributed by atoms with Crippen LogP contribution in [0.1, 0.15) is 39.8 Å². The van der Waals surface area contributed by atoms with E-state index in [0.717, 1.165) is 0 Å². The normalized spacial score (nSPS) is 13.4. The van der Waals surface area contributed by atoms with E-state index in [1.165, 1.54) is 0 Å². The number of nitrogens with one attached hydrogen (secondary N) is 1. The molecule has 1 atom stereocenters. The number of aromatic nitrogens is 1. The van der Waals surface area contributed by atoms with Crippen molar-refractivity contribution < 1.29 is 28.9 Å². The zero-order chi connectivity index (χ0) is 23.5. The van der Waals surface area contributed by atoms with Gasteiger partial charge in [-0.3, -0.25) is 9.78 Å². The van der Waals surface area contributed by atoms with E-state index in [9.17, 15) is 14.7 Å². The number of hydrogen-bond acceptors (Lipinski definition) is 7. The minimum atomic E-state index is -1.15. The highest BCUT2D eigenvalue weighted by molar-refractivity contribution is 6.06. The van der Waals surface area contributed by atoms with Crippen LogP contribution in [-0.2, 0) is 0 Å². The van der Waals surface area contributed by atoms with Gasteiger partial charge in [0.1, 0.15) is 31.1 Å². The molecule has 0 fully saturated rings. The number of nitrogen functional groups attached to an aromatic ring is 1. The number of amides is 1. The van der Waals surface area contributed by atoms with Crippen LogP contribution in [0.3, 0.4) is 0 Å². The second-order valence-electron chi connectivity index (χ2n) is 7.69. The Labute approximate surface area is 190 Å². The maximum Gasteiger partial charge on any atom is 0.339 e. The second kappa shape index (κ2) is 9.23. The third-order valence-corrected chi connectivity index (χ3v) is 5.48. The van der Waals surface area contributed by atoms with E-state index in [0.29, 0.717) is 59.0 Å². The van der Waals surface area contributed by atoms with Crippen molar-refractivity contribution in [3.05, 3.63) is 53.2 Å². The average molecular weight is 451 g/mol.